The van der Waals surface area contributed by atoms with Crippen molar-refractivity contribution in [2.24, 2.45) is 5.18 Å². The average molecular weight is 173 g/mol. The summed E-state index contributed by atoms with van der Waals surface area (Å²) in [6.07, 6.45) is 3.11. The monoisotopic (exact) mass is 173 g/mol. The number of pyridine rings is 2. The number of nitroso groups, excluding NO2 is 1. The lowest BCUT2D eigenvalue weighted by molar-refractivity contribution is 1.25. The molecule has 0 saturated heterocycles. The Hall–Kier alpha value is -1.84. The fraction of sp³-hybridized carbons (Fsp3) is 0.111. The first-order chi connectivity index (χ1) is 6.33. The van der Waals surface area contributed by atoms with Crippen LogP contribution in [0.1, 0.15) is 5.56 Å². The molecule has 0 saturated carbocycles. The Labute approximate surface area is 74.6 Å². The number of rotatable bonds is 1. The Morgan fingerprint density at radius 2 is 2.23 bits per heavy atom. The van der Waals surface area contributed by atoms with E-state index in [9.17, 15) is 4.91 Å². The second-order valence-electron chi connectivity index (χ2n) is 2.73. The molecule has 13 heavy (non-hydrogen) atoms. The van der Waals surface area contributed by atoms with Crippen molar-refractivity contribution >= 4 is 16.7 Å². The van der Waals surface area contributed by atoms with Crippen LogP contribution in [0.3, 0.4) is 0 Å². The summed E-state index contributed by atoms with van der Waals surface area (Å²) in [6, 6.07) is 3.69. The third-order valence-corrected chi connectivity index (χ3v) is 1.98. The summed E-state index contributed by atoms with van der Waals surface area (Å²) >= 11 is 0. The van der Waals surface area contributed by atoms with Crippen LogP contribution in [0.25, 0.3) is 11.0 Å². The second-order valence-corrected chi connectivity index (χ2v) is 2.73. The number of aromatic nitrogens is 2. The van der Waals surface area contributed by atoms with Crippen molar-refractivity contribution in [1.82, 2.24) is 9.97 Å². The highest BCUT2D eigenvalue weighted by Gasteiger charge is 2.04. The molecule has 2 aromatic heterocycles. The van der Waals surface area contributed by atoms with Crippen molar-refractivity contribution in [3.05, 3.63) is 35.0 Å². The van der Waals surface area contributed by atoms with Crippen molar-refractivity contribution in [2.45, 2.75) is 6.92 Å². The highest BCUT2D eigenvalue weighted by molar-refractivity contribution is 5.82. The molecular weight excluding hydrogens is 166 g/mol. The minimum Gasteiger partial charge on any atom is -0.237 e. The molecule has 2 rings (SSSR count). The average Bonchev–Trinajstić information content (AvgIpc) is 2.19. The van der Waals surface area contributed by atoms with Gasteiger partial charge in [0, 0.05) is 11.6 Å². The van der Waals surface area contributed by atoms with Gasteiger partial charge >= 0.3 is 0 Å². The largest absolute Gasteiger partial charge is 0.237 e. The van der Waals surface area contributed by atoms with Crippen LogP contribution in [0.15, 0.2) is 29.7 Å². The van der Waals surface area contributed by atoms with E-state index in [2.05, 4.69) is 15.1 Å². The SMILES string of the molecule is Cc1c(N=O)cnc2ncccc12. The van der Waals surface area contributed by atoms with Gasteiger partial charge in [-0.05, 0) is 29.8 Å². The lowest BCUT2D eigenvalue weighted by atomic mass is 10.1. The van der Waals surface area contributed by atoms with Crippen LogP contribution in [0.2, 0.25) is 0 Å². The van der Waals surface area contributed by atoms with E-state index < -0.39 is 0 Å². The Morgan fingerprint density at radius 3 is 3.00 bits per heavy atom. The normalized spacial score (nSPS) is 10.2. The molecule has 0 bridgehead atoms. The highest BCUT2D eigenvalue weighted by atomic mass is 16.3. The Kier molecular flexibility index (Phi) is 1.73. The van der Waals surface area contributed by atoms with Gasteiger partial charge in [-0.3, -0.25) is 0 Å². The van der Waals surface area contributed by atoms with Crippen LogP contribution in [-0.4, -0.2) is 9.97 Å². The number of hydrogen-bond acceptors (Lipinski definition) is 4. The second kappa shape index (κ2) is 2.90. The third-order valence-electron chi connectivity index (χ3n) is 1.98. The van der Waals surface area contributed by atoms with Gasteiger partial charge in [0.15, 0.2) is 5.65 Å². The molecule has 0 aliphatic heterocycles. The van der Waals surface area contributed by atoms with E-state index in [-0.39, 0.29) is 0 Å². The molecule has 0 atom stereocenters. The van der Waals surface area contributed by atoms with E-state index >= 15 is 0 Å². The molecule has 64 valence electrons. The van der Waals surface area contributed by atoms with Crippen molar-refractivity contribution in [1.29, 1.82) is 0 Å². The molecule has 2 aromatic rings. The van der Waals surface area contributed by atoms with E-state index in [1.807, 2.05) is 19.1 Å². The lowest BCUT2D eigenvalue weighted by Crippen LogP contribution is -1.85. The van der Waals surface area contributed by atoms with Gasteiger partial charge in [-0.1, -0.05) is 0 Å². The fourth-order valence-corrected chi connectivity index (χ4v) is 1.24. The van der Waals surface area contributed by atoms with E-state index in [4.69, 9.17) is 0 Å². The van der Waals surface area contributed by atoms with Crippen LogP contribution >= 0.6 is 0 Å². The molecule has 0 N–H and O–H groups in total. The maximum atomic E-state index is 10.4. The molecule has 2 heterocycles. The van der Waals surface area contributed by atoms with Crippen molar-refractivity contribution in [3.8, 4) is 0 Å². The van der Waals surface area contributed by atoms with Gasteiger partial charge in [0.1, 0.15) is 5.69 Å². The minimum atomic E-state index is 0.375. The smallest absolute Gasteiger partial charge is 0.159 e. The molecule has 4 nitrogen and oxygen atoms in total. The number of nitrogens with zero attached hydrogens (tertiary/aromatic N) is 3. The Morgan fingerprint density at radius 1 is 1.38 bits per heavy atom. The predicted octanol–water partition coefficient (Wildman–Crippen LogP) is 2.34. The van der Waals surface area contributed by atoms with E-state index in [0.717, 1.165) is 10.9 Å². The molecule has 0 spiro atoms. The third kappa shape index (κ3) is 1.16. The zero-order chi connectivity index (χ0) is 9.26. The number of aryl methyl sites for hydroxylation is 1. The summed E-state index contributed by atoms with van der Waals surface area (Å²) in [6.45, 7) is 1.84. The summed E-state index contributed by atoms with van der Waals surface area (Å²) in [5, 5.41) is 3.75. The van der Waals surface area contributed by atoms with Gasteiger partial charge in [-0.2, -0.15) is 0 Å². The quantitative estimate of drug-likeness (QED) is 0.622. The van der Waals surface area contributed by atoms with Gasteiger partial charge in [0.05, 0.1) is 6.20 Å². The highest BCUT2D eigenvalue weighted by Crippen LogP contribution is 2.23. The van der Waals surface area contributed by atoms with Crippen LogP contribution in [-0.2, 0) is 0 Å². The van der Waals surface area contributed by atoms with Crippen LogP contribution < -0.4 is 0 Å². The lowest BCUT2D eigenvalue weighted by Gasteiger charge is -2.00. The van der Waals surface area contributed by atoms with Crippen molar-refractivity contribution in [3.63, 3.8) is 0 Å². The predicted molar refractivity (Wildman–Crippen MR) is 49.7 cm³/mol. The summed E-state index contributed by atoms with van der Waals surface area (Å²) in [4.78, 5) is 18.4. The van der Waals surface area contributed by atoms with Gasteiger partial charge in [0.2, 0.25) is 0 Å². The number of hydrogen-bond donors (Lipinski definition) is 0. The van der Waals surface area contributed by atoms with Gasteiger partial charge in [0.25, 0.3) is 0 Å². The van der Waals surface area contributed by atoms with E-state index in [1.54, 1.807) is 6.20 Å². The van der Waals surface area contributed by atoms with Gasteiger partial charge in [-0.25, -0.2) is 9.97 Å². The van der Waals surface area contributed by atoms with Crippen LogP contribution in [0, 0.1) is 11.8 Å². The fourth-order valence-electron chi connectivity index (χ4n) is 1.24. The standard InChI is InChI=1S/C9H7N3O/c1-6-7-3-2-4-10-9(7)11-5-8(6)12-13/h2-5H,1H3. The molecule has 0 unspecified atom stereocenters. The molecule has 4 heteroatoms. The topological polar surface area (TPSA) is 55.2 Å². The molecule has 0 aliphatic rings. The molecule has 0 fully saturated rings. The summed E-state index contributed by atoms with van der Waals surface area (Å²) in [7, 11) is 0. The number of fused-ring (bicyclic) bond motifs is 1. The van der Waals surface area contributed by atoms with Crippen LogP contribution in [0.5, 0.6) is 0 Å². The first-order valence-electron chi connectivity index (χ1n) is 3.86. The molecule has 0 aliphatic carbocycles. The van der Waals surface area contributed by atoms with Crippen molar-refractivity contribution < 1.29 is 0 Å². The first kappa shape index (κ1) is 7.79. The zero-order valence-electron chi connectivity index (χ0n) is 7.06. The molecular formula is C9H7N3O. The van der Waals surface area contributed by atoms with Crippen LogP contribution in [0.4, 0.5) is 5.69 Å². The summed E-state index contributed by atoms with van der Waals surface area (Å²) in [5.41, 5.74) is 1.85. The maximum Gasteiger partial charge on any atom is 0.159 e. The maximum absolute atomic E-state index is 10.4. The van der Waals surface area contributed by atoms with Gasteiger partial charge in [-0.15, -0.1) is 4.91 Å². The molecule has 0 amide bonds. The summed E-state index contributed by atoms with van der Waals surface area (Å²) < 4.78 is 0. The molecule has 0 radical (unpaired) electrons. The minimum absolute atomic E-state index is 0.375. The van der Waals surface area contributed by atoms with E-state index in [1.165, 1.54) is 6.20 Å². The Bertz CT molecular complexity index is 467. The first-order valence-corrected chi connectivity index (χ1v) is 3.86. The van der Waals surface area contributed by atoms with E-state index in [0.29, 0.717) is 11.3 Å². The van der Waals surface area contributed by atoms with Crippen molar-refractivity contribution in [2.75, 3.05) is 0 Å². The Balaban J connectivity index is 2.86. The zero-order valence-corrected chi connectivity index (χ0v) is 7.06. The van der Waals surface area contributed by atoms with Gasteiger partial charge < -0.3 is 0 Å². The summed E-state index contributed by atoms with van der Waals surface area (Å²) in [5.74, 6) is 0. The molecule has 0 aromatic carbocycles.